The molecule has 0 bridgehead atoms. The van der Waals surface area contributed by atoms with Crippen molar-refractivity contribution in [2.24, 2.45) is 10.8 Å². The lowest BCUT2D eigenvalue weighted by Gasteiger charge is -2.36. The zero-order valence-corrected chi connectivity index (χ0v) is 17.7. The molecule has 28 heavy (non-hydrogen) atoms. The third-order valence-electron chi connectivity index (χ3n) is 5.10. The molecule has 0 saturated carbocycles. The van der Waals surface area contributed by atoms with Crippen LogP contribution >= 0.6 is 0 Å². The standard InChI is InChI=1S/C26H30O2/c1-23(2,3)25(27,21-15-9-7-10-16-21)19-13-14-20-26(28,24(4,5)6)22-17-11-8-12-18-22/h7-12,15-18,27-28H,1-6H3. The molecule has 0 aliphatic heterocycles. The highest BCUT2D eigenvalue weighted by Gasteiger charge is 2.41. The Morgan fingerprint density at radius 3 is 1.07 bits per heavy atom. The van der Waals surface area contributed by atoms with Gasteiger partial charge in [0.1, 0.15) is 0 Å². The van der Waals surface area contributed by atoms with E-state index in [0.29, 0.717) is 0 Å². The maximum Gasteiger partial charge on any atom is 0.156 e. The van der Waals surface area contributed by atoms with E-state index < -0.39 is 22.0 Å². The summed E-state index contributed by atoms with van der Waals surface area (Å²) in [5.41, 5.74) is -2.27. The van der Waals surface area contributed by atoms with Gasteiger partial charge in [-0.15, -0.1) is 0 Å². The fraction of sp³-hybridized carbons (Fsp3) is 0.385. The molecule has 0 radical (unpaired) electrons. The molecule has 0 aromatic heterocycles. The second-order valence-electron chi connectivity index (χ2n) is 9.15. The van der Waals surface area contributed by atoms with Crippen molar-refractivity contribution in [3.05, 3.63) is 71.8 Å². The van der Waals surface area contributed by atoms with E-state index in [1.807, 2.05) is 102 Å². The minimum Gasteiger partial charge on any atom is -0.373 e. The normalized spacial score (nSPS) is 15.9. The molecule has 0 fully saturated rings. The predicted molar refractivity (Wildman–Crippen MR) is 115 cm³/mol. The highest BCUT2D eigenvalue weighted by molar-refractivity contribution is 5.42. The van der Waals surface area contributed by atoms with Gasteiger partial charge in [-0.2, -0.15) is 0 Å². The van der Waals surface area contributed by atoms with Gasteiger partial charge in [0.25, 0.3) is 0 Å². The smallest absolute Gasteiger partial charge is 0.156 e. The Bertz CT molecular complexity index is 830. The molecule has 0 aliphatic carbocycles. The second kappa shape index (κ2) is 7.84. The fourth-order valence-electron chi connectivity index (χ4n) is 2.99. The van der Waals surface area contributed by atoms with Gasteiger partial charge >= 0.3 is 0 Å². The van der Waals surface area contributed by atoms with Crippen LogP contribution in [0, 0.1) is 34.5 Å². The van der Waals surface area contributed by atoms with Crippen LogP contribution in [0.4, 0.5) is 0 Å². The summed E-state index contributed by atoms with van der Waals surface area (Å²) in [6, 6.07) is 18.8. The average molecular weight is 375 g/mol. The first-order chi connectivity index (χ1) is 12.9. The Morgan fingerprint density at radius 1 is 0.536 bits per heavy atom. The Morgan fingerprint density at radius 2 is 0.821 bits per heavy atom. The summed E-state index contributed by atoms with van der Waals surface area (Å²) < 4.78 is 0. The second-order valence-corrected chi connectivity index (χ2v) is 9.15. The maximum atomic E-state index is 11.3. The molecular formula is C26H30O2. The molecular weight excluding hydrogens is 344 g/mol. The number of hydrogen-bond donors (Lipinski definition) is 2. The van der Waals surface area contributed by atoms with Gasteiger partial charge in [-0.3, -0.25) is 0 Å². The topological polar surface area (TPSA) is 40.5 Å². The van der Waals surface area contributed by atoms with Crippen LogP contribution in [0.5, 0.6) is 0 Å². The maximum absolute atomic E-state index is 11.3. The van der Waals surface area contributed by atoms with E-state index in [0.717, 1.165) is 11.1 Å². The number of benzene rings is 2. The number of rotatable bonds is 2. The lowest BCUT2D eigenvalue weighted by atomic mass is 9.72. The summed E-state index contributed by atoms with van der Waals surface area (Å²) in [6.45, 7) is 11.7. The van der Waals surface area contributed by atoms with Crippen molar-refractivity contribution in [1.29, 1.82) is 0 Å². The van der Waals surface area contributed by atoms with Crippen LogP contribution in [-0.2, 0) is 11.2 Å². The minimum atomic E-state index is -1.35. The van der Waals surface area contributed by atoms with Crippen LogP contribution in [0.3, 0.4) is 0 Å². The molecule has 0 amide bonds. The highest BCUT2D eigenvalue weighted by atomic mass is 16.3. The molecule has 2 N–H and O–H groups in total. The van der Waals surface area contributed by atoms with E-state index in [4.69, 9.17) is 0 Å². The molecule has 2 aromatic rings. The van der Waals surface area contributed by atoms with Crippen LogP contribution in [-0.4, -0.2) is 10.2 Å². The van der Waals surface area contributed by atoms with E-state index in [2.05, 4.69) is 23.7 Å². The first-order valence-corrected chi connectivity index (χ1v) is 9.52. The van der Waals surface area contributed by atoms with Gasteiger partial charge in [0.15, 0.2) is 11.2 Å². The molecule has 146 valence electrons. The van der Waals surface area contributed by atoms with Crippen molar-refractivity contribution in [2.75, 3.05) is 0 Å². The van der Waals surface area contributed by atoms with Crippen LogP contribution in [0.1, 0.15) is 52.7 Å². The van der Waals surface area contributed by atoms with Crippen molar-refractivity contribution < 1.29 is 10.2 Å². The summed E-state index contributed by atoms with van der Waals surface area (Å²) in [6.07, 6.45) is 0. The Labute approximate surface area is 169 Å². The predicted octanol–water partition coefficient (Wildman–Crippen LogP) is 4.86. The van der Waals surface area contributed by atoms with Crippen molar-refractivity contribution >= 4 is 0 Å². The summed E-state index contributed by atoms with van der Waals surface area (Å²) in [5, 5.41) is 22.6. The van der Waals surface area contributed by atoms with Gasteiger partial charge in [-0.25, -0.2) is 0 Å². The van der Waals surface area contributed by atoms with E-state index in [1.54, 1.807) is 0 Å². The molecule has 2 aromatic carbocycles. The number of hydrogen-bond acceptors (Lipinski definition) is 2. The van der Waals surface area contributed by atoms with E-state index in [1.165, 1.54) is 0 Å². The van der Waals surface area contributed by atoms with E-state index in [9.17, 15) is 10.2 Å². The molecule has 0 aliphatic rings. The zero-order valence-electron chi connectivity index (χ0n) is 17.7. The average Bonchev–Trinajstić information content (AvgIpc) is 2.64. The summed E-state index contributed by atoms with van der Waals surface area (Å²) in [7, 11) is 0. The highest BCUT2D eigenvalue weighted by Crippen LogP contribution is 2.39. The van der Waals surface area contributed by atoms with Crippen molar-refractivity contribution in [3.63, 3.8) is 0 Å². The van der Waals surface area contributed by atoms with Crippen LogP contribution in [0.15, 0.2) is 60.7 Å². The van der Waals surface area contributed by atoms with Gasteiger partial charge in [-0.1, -0.05) is 102 Å². The summed E-state index contributed by atoms with van der Waals surface area (Å²) in [5.74, 6) is 11.5. The lowest BCUT2D eigenvalue weighted by molar-refractivity contribution is -0.00948. The third kappa shape index (κ3) is 4.31. The van der Waals surface area contributed by atoms with Crippen LogP contribution < -0.4 is 0 Å². The largest absolute Gasteiger partial charge is 0.373 e. The fourth-order valence-corrected chi connectivity index (χ4v) is 2.99. The monoisotopic (exact) mass is 374 g/mol. The minimum absolute atomic E-state index is 0.511. The lowest BCUT2D eigenvalue weighted by Crippen LogP contribution is -2.39. The molecule has 2 rings (SSSR count). The van der Waals surface area contributed by atoms with E-state index >= 15 is 0 Å². The van der Waals surface area contributed by atoms with Crippen molar-refractivity contribution in [1.82, 2.24) is 0 Å². The molecule has 2 unspecified atom stereocenters. The molecule has 0 saturated heterocycles. The molecule has 0 heterocycles. The first-order valence-electron chi connectivity index (χ1n) is 9.52. The van der Waals surface area contributed by atoms with Crippen LogP contribution in [0.2, 0.25) is 0 Å². The van der Waals surface area contributed by atoms with Gasteiger partial charge in [0, 0.05) is 10.8 Å². The number of aliphatic hydroxyl groups is 2. The quantitative estimate of drug-likeness (QED) is 0.737. The Balaban J connectivity index is 2.50. The molecule has 2 atom stereocenters. The SMILES string of the molecule is CC(C)(C)C(O)(C#CC#CC(O)(c1ccccc1)C(C)(C)C)c1ccccc1. The first kappa shape index (κ1) is 21.8. The molecule has 2 nitrogen and oxygen atoms in total. The molecule has 2 heteroatoms. The summed E-state index contributed by atoms with van der Waals surface area (Å²) >= 11 is 0. The van der Waals surface area contributed by atoms with Gasteiger partial charge < -0.3 is 10.2 Å². The van der Waals surface area contributed by atoms with E-state index in [-0.39, 0.29) is 0 Å². The van der Waals surface area contributed by atoms with Crippen molar-refractivity contribution in [3.8, 4) is 23.7 Å². The Kier molecular flexibility index (Phi) is 6.10. The van der Waals surface area contributed by atoms with Gasteiger partial charge in [-0.05, 0) is 34.8 Å². The third-order valence-corrected chi connectivity index (χ3v) is 5.10. The Hall–Kier alpha value is -2.52. The van der Waals surface area contributed by atoms with Gasteiger partial charge in [0.05, 0.1) is 0 Å². The zero-order chi connectivity index (χ0) is 21.1. The van der Waals surface area contributed by atoms with Crippen molar-refractivity contribution in [2.45, 2.75) is 52.7 Å². The van der Waals surface area contributed by atoms with Gasteiger partial charge in [0.2, 0.25) is 0 Å². The summed E-state index contributed by atoms with van der Waals surface area (Å²) in [4.78, 5) is 0. The molecule has 0 spiro atoms. The van der Waals surface area contributed by atoms with Crippen LogP contribution in [0.25, 0.3) is 0 Å².